The van der Waals surface area contributed by atoms with Crippen LogP contribution in [-0.4, -0.2) is 36.2 Å². The SMILES string of the molecule is NC(CCCCNC(=O)CCC1CCCCO1)=NO. The normalized spacial score (nSPS) is 20.2. The summed E-state index contributed by atoms with van der Waals surface area (Å²) in [5.74, 6) is 0.318. The van der Waals surface area contributed by atoms with E-state index >= 15 is 0 Å². The molecule has 1 atom stereocenters. The number of hydrogen-bond acceptors (Lipinski definition) is 4. The van der Waals surface area contributed by atoms with Crippen LogP contribution in [0.1, 0.15) is 51.4 Å². The Morgan fingerprint density at radius 3 is 2.89 bits per heavy atom. The van der Waals surface area contributed by atoms with Crippen LogP contribution >= 0.6 is 0 Å². The Hall–Kier alpha value is -1.30. The Balaban J connectivity index is 1.95. The fraction of sp³-hybridized carbons (Fsp3) is 0.846. The quantitative estimate of drug-likeness (QED) is 0.204. The molecule has 4 N–H and O–H groups in total. The maximum Gasteiger partial charge on any atom is 0.220 e. The van der Waals surface area contributed by atoms with E-state index < -0.39 is 0 Å². The maximum atomic E-state index is 11.6. The molecule has 110 valence electrons. The number of unbranched alkanes of at least 4 members (excludes halogenated alkanes) is 1. The van der Waals surface area contributed by atoms with Gasteiger partial charge in [0.1, 0.15) is 5.84 Å². The zero-order valence-corrected chi connectivity index (χ0v) is 11.4. The van der Waals surface area contributed by atoms with Crippen LogP contribution < -0.4 is 11.1 Å². The van der Waals surface area contributed by atoms with Gasteiger partial charge >= 0.3 is 0 Å². The summed E-state index contributed by atoms with van der Waals surface area (Å²) >= 11 is 0. The van der Waals surface area contributed by atoms with Gasteiger partial charge in [0.05, 0.1) is 6.10 Å². The Bertz CT molecular complexity index is 289. The zero-order chi connectivity index (χ0) is 13.9. The van der Waals surface area contributed by atoms with E-state index in [1.165, 1.54) is 6.42 Å². The molecule has 6 nitrogen and oxygen atoms in total. The molecule has 0 aromatic carbocycles. The third-order valence-electron chi connectivity index (χ3n) is 3.28. The van der Waals surface area contributed by atoms with Crippen molar-refractivity contribution in [3.63, 3.8) is 0 Å². The molecular weight excluding hydrogens is 246 g/mol. The number of carbonyl (C=O) groups is 1. The second-order valence-electron chi connectivity index (χ2n) is 4.93. The van der Waals surface area contributed by atoms with Crippen LogP contribution in [0.4, 0.5) is 0 Å². The van der Waals surface area contributed by atoms with Gasteiger partial charge in [-0.25, -0.2) is 0 Å². The number of carbonyl (C=O) groups excluding carboxylic acids is 1. The second kappa shape index (κ2) is 9.61. The Kier molecular flexibility index (Phi) is 7.97. The molecule has 1 aliphatic rings. The molecule has 1 unspecified atom stereocenters. The van der Waals surface area contributed by atoms with Crippen LogP contribution in [-0.2, 0) is 9.53 Å². The van der Waals surface area contributed by atoms with Gasteiger partial charge < -0.3 is 21.0 Å². The van der Waals surface area contributed by atoms with Gasteiger partial charge in [-0.1, -0.05) is 5.16 Å². The molecule has 0 bridgehead atoms. The molecule has 0 aromatic heterocycles. The topological polar surface area (TPSA) is 96.9 Å². The van der Waals surface area contributed by atoms with Crippen LogP contribution in [0.25, 0.3) is 0 Å². The predicted molar refractivity (Wildman–Crippen MR) is 73.1 cm³/mol. The van der Waals surface area contributed by atoms with Crippen LogP contribution in [0.3, 0.4) is 0 Å². The third kappa shape index (κ3) is 7.66. The van der Waals surface area contributed by atoms with Crippen molar-refractivity contribution in [3.05, 3.63) is 0 Å². The number of ether oxygens (including phenoxy) is 1. The lowest BCUT2D eigenvalue weighted by atomic mass is 10.0. The molecule has 6 heteroatoms. The number of oxime groups is 1. The first-order valence-corrected chi connectivity index (χ1v) is 7.07. The number of nitrogens with zero attached hydrogens (tertiary/aromatic N) is 1. The molecule has 1 aliphatic heterocycles. The number of nitrogens with one attached hydrogen (secondary N) is 1. The van der Waals surface area contributed by atoms with E-state index in [1.54, 1.807) is 0 Å². The van der Waals surface area contributed by atoms with Crippen molar-refractivity contribution >= 4 is 11.7 Å². The first-order chi connectivity index (χ1) is 9.22. The zero-order valence-electron chi connectivity index (χ0n) is 11.4. The van der Waals surface area contributed by atoms with Gasteiger partial charge in [0.2, 0.25) is 5.91 Å². The summed E-state index contributed by atoms with van der Waals surface area (Å²) in [6, 6.07) is 0. The highest BCUT2D eigenvalue weighted by atomic mass is 16.5. The molecule has 1 heterocycles. The van der Waals surface area contributed by atoms with Crippen LogP contribution in [0.5, 0.6) is 0 Å². The minimum Gasteiger partial charge on any atom is -0.409 e. The lowest BCUT2D eigenvalue weighted by Crippen LogP contribution is -2.27. The van der Waals surface area contributed by atoms with Crippen molar-refractivity contribution in [3.8, 4) is 0 Å². The van der Waals surface area contributed by atoms with E-state index in [-0.39, 0.29) is 17.8 Å². The fourth-order valence-corrected chi connectivity index (χ4v) is 2.12. The van der Waals surface area contributed by atoms with Crippen LogP contribution in [0, 0.1) is 0 Å². The highest BCUT2D eigenvalue weighted by Gasteiger charge is 2.14. The molecule has 19 heavy (non-hydrogen) atoms. The first kappa shape index (κ1) is 15.8. The van der Waals surface area contributed by atoms with Crippen molar-refractivity contribution in [2.75, 3.05) is 13.2 Å². The fourth-order valence-electron chi connectivity index (χ4n) is 2.12. The van der Waals surface area contributed by atoms with Crippen molar-refractivity contribution in [2.24, 2.45) is 10.9 Å². The monoisotopic (exact) mass is 271 g/mol. The molecule has 0 spiro atoms. The minimum absolute atomic E-state index is 0.0815. The minimum atomic E-state index is 0.0815. The van der Waals surface area contributed by atoms with Gasteiger partial charge in [0, 0.05) is 26.0 Å². The maximum absolute atomic E-state index is 11.6. The molecule has 1 saturated heterocycles. The van der Waals surface area contributed by atoms with E-state index in [1.807, 2.05) is 0 Å². The summed E-state index contributed by atoms with van der Waals surface area (Å²) in [5.41, 5.74) is 5.34. The Labute approximate surface area is 114 Å². The Morgan fingerprint density at radius 1 is 1.37 bits per heavy atom. The van der Waals surface area contributed by atoms with Gasteiger partial charge in [0.15, 0.2) is 0 Å². The van der Waals surface area contributed by atoms with Gasteiger partial charge in [-0.15, -0.1) is 0 Å². The van der Waals surface area contributed by atoms with Crippen molar-refractivity contribution < 1.29 is 14.7 Å². The van der Waals surface area contributed by atoms with Crippen molar-refractivity contribution in [1.29, 1.82) is 0 Å². The van der Waals surface area contributed by atoms with Gasteiger partial charge in [-0.2, -0.15) is 0 Å². The molecule has 0 radical (unpaired) electrons. The summed E-state index contributed by atoms with van der Waals surface area (Å²) in [6.07, 6.45) is 7.24. The lowest BCUT2D eigenvalue weighted by molar-refractivity contribution is -0.122. The number of amidine groups is 1. The largest absolute Gasteiger partial charge is 0.409 e. The second-order valence-corrected chi connectivity index (χ2v) is 4.93. The molecule has 0 saturated carbocycles. The smallest absolute Gasteiger partial charge is 0.220 e. The average Bonchev–Trinajstić information content (AvgIpc) is 2.45. The lowest BCUT2D eigenvalue weighted by Gasteiger charge is -2.22. The molecule has 1 fully saturated rings. The number of amides is 1. The highest BCUT2D eigenvalue weighted by Crippen LogP contribution is 2.16. The van der Waals surface area contributed by atoms with E-state index in [4.69, 9.17) is 15.7 Å². The van der Waals surface area contributed by atoms with E-state index in [9.17, 15) is 4.79 Å². The molecular formula is C13H25N3O3. The van der Waals surface area contributed by atoms with E-state index in [0.717, 1.165) is 38.7 Å². The van der Waals surface area contributed by atoms with Gasteiger partial charge in [-0.3, -0.25) is 4.79 Å². The number of nitrogens with two attached hydrogens (primary N) is 1. The van der Waals surface area contributed by atoms with Crippen molar-refractivity contribution in [1.82, 2.24) is 5.32 Å². The molecule has 1 amide bonds. The van der Waals surface area contributed by atoms with E-state index in [2.05, 4.69) is 10.5 Å². The summed E-state index contributed by atoms with van der Waals surface area (Å²) in [5, 5.41) is 14.1. The molecule has 1 rings (SSSR count). The standard InChI is InChI=1S/C13H25N3O3/c14-12(16-18)6-1-3-9-15-13(17)8-7-11-5-2-4-10-19-11/h11,18H,1-10H2,(H2,14,16)(H,15,17). The Morgan fingerprint density at radius 2 is 2.21 bits per heavy atom. The molecule has 0 aromatic rings. The van der Waals surface area contributed by atoms with Crippen molar-refractivity contribution in [2.45, 2.75) is 57.5 Å². The van der Waals surface area contributed by atoms with Gasteiger partial charge in [-0.05, 0) is 38.5 Å². The average molecular weight is 271 g/mol. The van der Waals surface area contributed by atoms with Crippen LogP contribution in [0.2, 0.25) is 0 Å². The third-order valence-corrected chi connectivity index (χ3v) is 3.28. The summed E-state index contributed by atoms with van der Waals surface area (Å²) in [7, 11) is 0. The summed E-state index contributed by atoms with van der Waals surface area (Å²) < 4.78 is 5.58. The van der Waals surface area contributed by atoms with E-state index in [0.29, 0.717) is 19.4 Å². The first-order valence-electron chi connectivity index (χ1n) is 7.07. The number of hydrogen-bond donors (Lipinski definition) is 3. The summed E-state index contributed by atoms with van der Waals surface area (Å²) in [4.78, 5) is 11.6. The van der Waals surface area contributed by atoms with Crippen LogP contribution in [0.15, 0.2) is 5.16 Å². The van der Waals surface area contributed by atoms with Gasteiger partial charge in [0.25, 0.3) is 0 Å². The molecule has 0 aliphatic carbocycles. The predicted octanol–water partition coefficient (Wildman–Crippen LogP) is 1.37. The number of rotatable bonds is 8. The summed E-state index contributed by atoms with van der Waals surface area (Å²) in [6.45, 7) is 1.48. The highest BCUT2D eigenvalue weighted by molar-refractivity contribution is 5.79.